The van der Waals surface area contributed by atoms with Crippen LogP contribution in [0, 0.1) is 0 Å². The van der Waals surface area contributed by atoms with Crippen molar-refractivity contribution < 1.29 is 5.11 Å². The molecule has 2 fully saturated rings. The van der Waals surface area contributed by atoms with Crippen LogP contribution in [-0.2, 0) is 5.60 Å². The third-order valence-electron chi connectivity index (χ3n) is 4.73. The molecule has 0 radical (unpaired) electrons. The molecule has 2 heterocycles. The van der Waals surface area contributed by atoms with Gasteiger partial charge in [-0.1, -0.05) is 30.3 Å². The molecule has 2 bridgehead atoms. The van der Waals surface area contributed by atoms with Gasteiger partial charge < -0.3 is 5.11 Å². The number of aliphatic hydroxyl groups is 1. The molecular formula is C16H23NO. The van der Waals surface area contributed by atoms with Crippen LogP contribution in [0.15, 0.2) is 30.3 Å². The Hall–Kier alpha value is -0.860. The monoisotopic (exact) mass is 245 g/mol. The van der Waals surface area contributed by atoms with Crippen LogP contribution in [-0.4, -0.2) is 28.1 Å². The van der Waals surface area contributed by atoms with Gasteiger partial charge in [0.1, 0.15) is 0 Å². The molecule has 0 aromatic heterocycles. The van der Waals surface area contributed by atoms with Crippen LogP contribution >= 0.6 is 0 Å². The summed E-state index contributed by atoms with van der Waals surface area (Å²) in [4.78, 5) is 2.62. The maximum atomic E-state index is 11.0. The highest BCUT2D eigenvalue weighted by Gasteiger charge is 2.48. The number of fused-ring (bicyclic) bond motifs is 2. The van der Waals surface area contributed by atoms with E-state index in [1.54, 1.807) is 0 Å². The maximum absolute atomic E-state index is 11.0. The fourth-order valence-electron chi connectivity index (χ4n) is 4.09. The summed E-state index contributed by atoms with van der Waals surface area (Å²) in [5.41, 5.74) is 0.503. The highest BCUT2D eigenvalue weighted by Crippen LogP contribution is 2.46. The van der Waals surface area contributed by atoms with Crippen molar-refractivity contribution in [3.63, 3.8) is 0 Å². The number of piperidine rings is 1. The normalized spacial score (nSPS) is 36.2. The quantitative estimate of drug-likeness (QED) is 0.866. The first-order valence-corrected chi connectivity index (χ1v) is 7.15. The lowest BCUT2D eigenvalue weighted by Gasteiger charge is -2.46. The van der Waals surface area contributed by atoms with Crippen LogP contribution < -0.4 is 0 Å². The SMILES string of the molecule is CC(C)N1[C@@H]2CC[C@H]1CC(O)(c1ccccc1)C2. The van der Waals surface area contributed by atoms with Crippen LogP contribution in [0.5, 0.6) is 0 Å². The summed E-state index contributed by atoms with van der Waals surface area (Å²) in [5, 5.41) is 11.0. The summed E-state index contributed by atoms with van der Waals surface area (Å²) in [6, 6.07) is 12.0. The van der Waals surface area contributed by atoms with Crippen molar-refractivity contribution in [3.05, 3.63) is 35.9 Å². The predicted octanol–water partition coefficient (Wildman–Crippen LogP) is 2.91. The van der Waals surface area contributed by atoms with E-state index in [0.29, 0.717) is 18.1 Å². The van der Waals surface area contributed by atoms with Gasteiger partial charge in [0.15, 0.2) is 0 Å². The second kappa shape index (κ2) is 4.36. The Bertz CT molecular complexity index is 400. The number of hydrogen-bond acceptors (Lipinski definition) is 2. The third kappa shape index (κ3) is 1.88. The Morgan fingerprint density at radius 3 is 2.17 bits per heavy atom. The molecule has 2 heteroatoms. The number of benzene rings is 1. The van der Waals surface area contributed by atoms with E-state index in [1.807, 2.05) is 18.2 Å². The third-order valence-corrected chi connectivity index (χ3v) is 4.73. The second-order valence-electron chi connectivity index (χ2n) is 6.23. The van der Waals surface area contributed by atoms with Gasteiger partial charge in [0.2, 0.25) is 0 Å². The number of nitrogens with zero attached hydrogens (tertiary/aromatic N) is 1. The van der Waals surface area contributed by atoms with Crippen LogP contribution in [0.1, 0.15) is 45.1 Å². The lowest BCUT2D eigenvalue weighted by atomic mass is 9.80. The predicted molar refractivity (Wildman–Crippen MR) is 73.4 cm³/mol. The Kier molecular flexibility index (Phi) is 2.95. The minimum Gasteiger partial charge on any atom is -0.385 e. The zero-order valence-corrected chi connectivity index (χ0v) is 11.3. The molecule has 0 amide bonds. The van der Waals surface area contributed by atoms with E-state index in [9.17, 15) is 5.11 Å². The van der Waals surface area contributed by atoms with E-state index in [2.05, 4.69) is 30.9 Å². The smallest absolute Gasteiger partial charge is 0.0926 e. The molecule has 98 valence electrons. The second-order valence-corrected chi connectivity index (χ2v) is 6.23. The summed E-state index contributed by atoms with van der Waals surface area (Å²) >= 11 is 0. The van der Waals surface area contributed by atoms with Gasteiger partial charge in [-0.2, -0.15) is 0 Å². The zero-order valence-electron chi connectivity index (χ0n) is 11.3. The Labute approximate surface area is 110 Å². The van der Waals surface area contributed by atoms with E-state index in [0.717, 1.165) is 18.4 Å². The van der Waals surface area contributed by atoms with Gasteiger partial charge in [0.25, 0.3) is 0 Å². The van der Waals surface area contributed by atoms with Crippen LogP contribution in [0.4, 0.5) is 0 Å². The van der Waals surface area contributed by atoms with Crippen molar-refractivity contribution in [2.24, 2.45) is 0 Å². The van der Waals surface area contributed by atoms with Crippen LogP contribution in [0.25, 0.3) is 0 Å². The van der Waals surface area contributed by atoms with Crippen molar-refractivity contribution in [2.45, 2.75) is 63.3 Å². The largest absolute Gasteiger partial charge is 0.385 e. The fourth-order valence-corrected chi connectivity index (χ4v) is 4.09. The highest BCUT2D eigenvalue weighted by molar-refractivity contribution is 5.25. The number of hydrogen-bond donors (Lipinski definition) is 1. The van der Waals surface area contributed by atoms with Gasteiger partial charge in [-0.05, 0) is 45.1 Å². The molecule has 2 aliphatic rings. The molecule has 18 heavy (non-hydrogen) atoms. The highest BCUT2D eigenvalue weighted by atomic mass is 16.3. The minimum absolute atomic E-state index is 0.564. The first kappa shape index (κ1) is 12.2. The van der Waals surface area contributed by atoms with Crippen LogP contribution in [0.2, 0.25) is 0 Å². The summed E-state index contributed by atoms with van der Waals surface area (Å²) in [6.45, 7) is 4.55. The van der Waals surface area contributed by atoms with Crippen molar-refractivity contribution >= 4 is 0 Å². The summed E-state index contributed by atoms with van der Waals surface area (Å²) in [7, 11) is 0. The van der Waals surface area contributed by atoms with Gasteiger partial charge in [0, 0.05) is 18.1 Å². The summed E-state index contributed by atoms with van der Waals surface area (Å²) < 4.78 is 0. The molecule has 2 aliphatic heterocycles. The molecule has 3 rings (SSSR count). The lowest BCUT2D eigenvalue weighted by Crippen LogP contribution is -2.52. The topological polar surface area (TPSA) is 23.5 Å². The minimum atomic E-state index is -0.599. The van der Waals surface area contributed by atoms with Gasteiger partial charge in [0.05, 0.1) is 5.60 Å². The molecule has 1 aromatic rings. The van der Waals surface area contributed by atoms with Crippen molar-refractivity contribution in [3.8, 4) is 0 Å². The van der Waals surface area contributed by atoms with Crippen molar-refractivity contribution in [1.29, 1.82) is 0 Å². The van der Waals surface area contributed by atoms with E-state index in [1.165, 1.54) is 12.8 Å². The Balaban J connectivity index is 1.87. The molecule has 1 unspecified atom stereocenters. The standard InChI is InChI=1S/C16H23NO/c1-12(2)17-14-8-9-15(17)11-16(18,10-14)13-6-4-3-5-7-13/h3-7,12,14-15,18H,8-11H2,1-2H3/t14-,15+,16?. The van der Waals surface area contributed by atoms with Gasteiger partial charge in [-0.3, -0.25) is 4.90 Å². The lowest BCUT2D eigenvalue weighted by molar-refractivity contribution is -0.0655. The average Bonchev–Trinajstić information content (AvgIpc) is 2.64. The molecule has 2 nitrogen and oxygen atoms in total. The average molecular weight is 245 g/mol. The maximum Gasteiger partial charge on any atom is 0.0926 e. The molecule has 0 aliphatic carbocycles. The molecular weight excluding hydrogens is 222 g/mol. The van der Waals surface area contributed by atoms with Gasteiger partial charge >= 0.3 is 0 Å². The first-order valence-electron chi connectivity index (χ1n) is 7.15. The van der Waals surface area contributed by atoms with Crippen LogP contribution in [0.3, 0.4) is 0 Å². The van der Waals surface area contributed by atoms with Gasteiger partial charge in [-0.25, -0.2) is 0 Å². The van der Waals surface area contributed by atoms with Gasteiger partial charge in [-0.15, -0.1) is 0 Å². The first-order chi connectivity index (χ1) is 8.60. The fraction of sp³-hybridized carbons (Fsp3) is 0.625. The van der Waals surface area contributed by atoms with E-state index in [4.69, 9.17) is 0 Å². The Morgan fingerprint density at radius 1 is 1.11 bits per heavy atom. The molecule has 1 N–H and O–H groups in total. The molecule has 2 saturated heterocycles. The zero-order chi connectivity index (χ0) is 12.8. The Morgan fingerprint density at radius 2 is 1.67 bits per heavy atom. The molecule has 3 atom stereocenters. The summed E-state index contributed by atoms with van der Waals surface area (Å²) in [6.07, 6.45) is 4.29. The van der Waals surface area contributed by atoms with Crippen molar-refractivity contribution in [2.75, 3.05) is 0 Å². The van der Waals surface area contributed by atoms with E-state index < -0.39 is 5.60 Å². The van der Waals surface area contributed by atoms with E-state index >= 15 is 0 Å². The summed E-state index contributed by atoms with van der Waals surface area (Å²) in [5.74, 6) is 0. The molecule has 1 aromatic carbocycles. The van der Waals surface area contributed by atoms with E-state index in [-0.39, 0.29) is 0 Å². The van der Waals surface area contributed by atoms with Crippen molar-refractivity contribution in [1.82, 2.24) is 4.90 Å². The molecule has 0 saturated carbocycles. The number of rotatable bonds is 2. The molecule has 0 spiro atoms.